The van der Waals surface area contributed by atoms with Gasteiger partial charge in [-0.15, -0.1) is 0 Å². The quantitative estimate of drug-likeness (QED) is 0.157. The first-order valence-corrected chi connectivity index (χ1v) is 11.4. The number of unbranched alkanes of at least 4 members (excludes halogenated alkanes) is 10. The number of carbonyl (C=O) groups is 2. The molecule has 4 heteroatoms. The van der Waals surface area contributed by atoms with Gasteiger partial charge in [0, 0.05) is 12.2 Å². The van der Waals surface area contributed by atoms with Gasteiger partial charge in [0.05, 0.1) is 6.61 Å². The Hall–Kier alpha value is -1.32. The third kappa shape index (κ3) is 15.7. The van der Waals surface area contributed by atoms with Gasteiger partial charge in [-0.3, -0.25) is 0 Å². The second-order valence-corrected chi connectivity index (χ2v) is 8.43. The Bertz CT molecular complexity index is 418. The van der Waals surface area contributed by atoms with Crippen LogP contribution in [0.5, 0.6) is 0 Å². The summed E-state index contributed by atoms with van der Waals surface area (Å²) in [5.74, 6) is -0.482. The van der Waals surface area contributed by atoms with E-state index in [9.17, 15) is 9.59 Å². The molecule has 28 heavy (non-hydrogen) atoms. The van der Waals surface area contributed by atoms with Gasteiger partial charge in [-0.1, -0.05) is 98.8 Å². The van der Waals surface area contributed by atoms with Crippen LogP contribution in [0.3, 0.4) is 0 Å². The maximum Gasteiger partial charge on any atom is 0.331 e. The lowest BCUT2D eigenvalue weighted by molar-refractivity contribution is -0.148. The van der Waals surface area contributed by atoms with Gasteiger partial charge in [-0.05, 0) is 18.3 Å². The van der Waals surface area contributed by atoms with Crippen LogP contribution in [-0.2, 0) is 19.1 Å². The minimum absolute atomic E-state index is 0.149. The standard InChI is InChI=1S/C24H44O4/c1-6-7-8-9-10-11-12-13-14-15-16-19-27-22(25)17-18-23(26)28-24(20(2)3)21(4)5/h17-18,20-21,24H,6-16,19H2,1-5H3/b18-17+. The van der Waals surface area contributed by atoms with E-state index in [2.05, 4.69) is 6.92 Å². The van der Waals surface area contributed by atoms with Gasteiger partial charge < -0.3 is 9.47 Å². The van der Waals surface area contributed by atoms with E-state index in [0.29, 0.717) is 6.61 Å². The maximum atomic E-state index is 11.8. The van der Waals surface area contributed by atoms with Crippen LogP contribution >= 0.6 is 0 Å². The number of ether oxygens (including phenoxy) is 2. The van der Waals surface area contributed by atoms with Crippen LogP contribution in [0.25, 0.3) is 0 Å². The second kappa shape index (κ2) is 17.8. The van der Waals surface area contributed by atoms with Crippen LogP contribution in [0.1, 0.15) is 105 Å². The van der Waals surface area contributed by atoms with Crippen molar-refractivity contribution in [2.45, 2.75) is 111 Å². The molecule has 0 aromatic rings. The Balaban J connectivity index is 3.66. The van der Waals surface area contributed by atoms with Crippen LogP contribution in [0.4, 0.5) is 0 Å². The average Bonchev–Trinajstić information content (AvgIpc) is 2.64. The lowest BCUT2D eigenvalue weighted by atomic mass is 9.96. The molecule has 0 spiro atoms. The Kier molecular flexibility index (Phi) is 16.9. The molecule has 0 saturated heterocycles. The Labute approximate surface area is 173 Å². The van der Waals surface area contributed by atoms with Crippen molar-refractivity contribution in [3.05, 3.63) is 12.2 Å². The van der Waals surface area contributed by atoms with E-state index < -0.39 is 11.9 Å². The van der Waals surface area contributed by atoms with Crippen LogP contribution < -0.4 is 0 Å². The average molecular weight is 397 g/mol. The van der Waals surface area contributed by atoms with E-state index in [0.717, 1.165) is 12.8 Å². The molecule has 0 radical (unpaired) electrons. The Morgan fingerprint density at radius 1 is 0.679 bits per heavy atom. The van der Waals surface area contributed by atoms with Gasteiger partial charge in [0.1, 0.15) is 6.10 Å². The second-order valence-electron chi connectivity index (χ2n) is 8.43. The minimum Gasteiger partial charge on any atom is -0.463 e. The molecular formula is C24H44O4. The number of carbonyl (C=O) groups excluding carboxylic acids is 2. The van der Waals surface area contributed by atoms with Gasteiger partial charge >= 0.3 is 11.9 Å². The summed E-state index contributed by atoms with van der Waals surface area (Å²) < 4.78 is 10.5. The highest BCUT2D eigenvalue weighted by molar-refractivity contribution is 5.91. The van der Waals surface area contributed by atoms with Crippen LogP contribution in [-0.4, -0.2) is 24.6 Å². The van der Waals surface area contributed by atoms with Crippen molar-refractivity contribution in [2.75, 3.05) is 6.61 Å². The lowest BCUT2D eigenvalue weighted by Crippen LogP contribution is -2.28. The summed E-state index contributed by atoms with van der Waals surface area (Å²) in [5, 5.41) is 0. The van der Waals surface area contributed by atoms with E-state index in [1.54, 1.807) is 0 Å². The van der Waals surface area contributed by atoms with Crippen molar-refractivity contribution in [3.8, 4) is 0 Å². The van der Waals surface area contributed by atoms with Crippen LogP contribution in [0.2, 0.25) is 0 Å². The van der Waals surface area contributed by atoms with Gasteiger partial charge in [0.25, 0.3) is 0 Å². The molecule has 0 aliphatic carbocycles. The summed E-state index contributed by atoms with van der Waals surface area (Å²) in [7, 11) is 0. The van der Waals surface area contributed by atoms with Gasteiger partial charge in [0.15, 0.2) is 0 Å². The minimum atomic E-state index is -0.487. The summed E-state index contributed by atoms with van der Waals surface area (Å²) in [6, 6.07) is 0. The third-order valence-corrected chi connectivity index (χ3v) is 4.91. The first-order valence-electron chi connectivity index (χ1n) is 11.4. The van der Waals surface area contributed by atoms with Crippen LogP contribution in [0.15, 0.2) is 12.2 Å². The highest BCUT2D eigenvalue weighted by Gasteiger charge is 2.20. The van der Waals surface area contributed by atoms with Gasteiger partial charge in [-0.2, -0.15) is 0 Å². The molecule has 0 aliphatic rings. The predicted molar refractivity (Wildman–Crippen MR) is 116 cm³/mol. The Morgan fingerprint density at radius 3 is 1.57 bits per heavy atom. The highest BCUT2D eigenvalue weighted by Crippen LogP contribution is 2.16. The van der Waals surface area contributed by atoms with Crippen molar-refractivity contribution in [2.24, 2.45) is 11.8 Å². The van der Waals surface area contributed by atoms with Crippen molar-refractivity contribution >= 4 is 11.9 Å². The number of rotatable bonds is 17. The first kappa shape index (κ1) is 26.7. The molecular weight excluding hydrogens is 352 g/mol. The number of esters is 2. The molecule has 0 atom stereocenters. The molecule has 0 fully saturated rings. The largest absolute Gasteiger partial charge is 0.463 e. The maximum absolute atomic E-state index is 11.8. The van der Waals surface area contributed by atoms with Gasteiger partial charge in [0.2, 0.25) is 0 Å². The van der Waals surface area contributed by atoms with E-state index in [1.807, 2.05) is 27.7 Å². The molecule has 0 aromatic carbocycles. The fraction of sp³-hybridized carbons (Fsp3) is 0.833. The summed E-state index contributed by atoms with van der Waals surface area (Å²) in [5.41, 5.74) is 0. The number of hydrogen-bond acceptors (Lipinski definition) is 4. The zero-order chi connectivity index (χ0) is 21.2. The fourth-order valence-electron chi connectivity index (χ4n) is 3.34. The smallest absolute Gasteiger partial charge is 0.331 e. The van der Waals surface area contributed by atoms with E-state index >= 15 is 0 Å². The Morgan fingerprint density at radius 2 is 1.11 bits per heavy atom. The summed E-state index contributed by atoms with van der Waals surface area (Å²) in [6.45, 7) is 10.7. The van der Waals surface area contributed by atoms with Crippen molar-refractivity contribution in [1.82, 2.24) is 0 Å². The zero-order valence-electron chi connectivity index (χ0n) is 19.0. The van der Waals surface area contributed by atoms with E-state index in [-0.39, 0.29) is 17.9 Å². The molecule has 0 bridgehead atoms. The van der Waals surface area contributed by atoms with Gasteiger partial charge in [-0.25, -0.2) is 9.59 Å². The van der Waals surface area contributed by atoms with E-state index in [1.165, 1.54) is 69.9 Å². The predicted octanol–water partition coefficient (Wildman–Crippen LogP) is 6.62. The van der Waals surface area contributed by atoms with Crippen LogP contribution in [0, 0.1) is 11.8 Å². The molecule has 0 rings (SSSR count). The van der Waals surface area contributed by atoms with E-state index in [4.69, 9.17) is 9.47 Å². The molecule has 0 amide bonds. The molecule has 0 aliphatic heterocycles. The molecule has 0 aromatic heterocycles. The molecule has 0 N–H and O–H groups in total. The summed E-state index contributed by atoms with van der Waals surface area (Å²) in [6.07, 6.45) is 16.0. The molecule has 0 unspecified atom stereocenters. The van der Waals surface area contributed by atoms with Crippen molar-refractivity contribution in [3.63, 3.8) is 0 Å². The summed E-state index contributed by atoms with van der Waals surface area (Å²) in [4.78, 5) is 23.5. The normalized spacial score (nSPS) is 11.7. The highest BCUT2D eigenvalue weighted by atomic mass is 16.5. The third-order valence-electron chi connectivity index (χ3n) is 4.91. The number of hydrogen-bond donors (Lipinski definition) is 0. The van der Waals surface area contributed by atoms with Crippen molar-refractivity contribution < 1.29 is 19.1 Å². The topological polar surface area (TPSA) is 52.6 Å². The SMILES string of the molecule is CCCCCCCCCCCCCOC(=O)/C=C/C(=O)OC(C(C)C)C(C)C. The lowest BCUT2D eigenvalue weighted by Gasteiger charge is -2.24. The molecule has 164 valence electrons. The fourth-order valence-corrected chi connectivity index (χ4v) is 3.34. The monoisotopic (exact) mass is 396 g/mol. The zero-order valence-corrected chi connectivity index (χ0v) is 19.0. The molecule has 0 saturated carbocycles. The van der Waals surface area contributed by atoms with Crippen molar-refractivity contribution in [1.29, 1.82) is 0 Å². The first-order chi connectivity index (χ1) is 13.4. The molecule has 4 nitrogen and oxygen atoms in total. The summed E-state index contributed by atoms with van der Waals surface area (Å²) >= 11 is 0. The molecule has 0 heterocycles.